The van der Waals surface area contributed by atoms with Gasteiger partial charge in [-0.1, -0.05) is 28.1 Å². The average Bonchev–Trinajstić information content (AvgIpc) is 2.79. The van der Waals surface area contributed by atoms with Crippen LogP contribution < -0.4 is 5.32 Å². The van der Waals surface area contributed by atoms with Crippen molar-refractivity contribution < 1.29 is 9.53 Å². The van der Waals surface area contributed by atoms with Crippen LogP contribution in [0.15, 0.2) is 28.7 Å². The lowest BCUT2D eigenvalue weighted by Crippen LogP contribution is -2.24. The van der Waals surface area contributed by atoms with E-state index in [1.165, 1.54) is 5.56 Å². The lowest BCUT2D eigenvalue weighted by molar-refractivity contribution is -0.147. The average molecular weight is 298 g/mol. The molecule has 2 rings (SSSR count). The van der Waals surface area contributed by atoms with Gasteiger partial charge in [0.15, 0.2) is 0 Å². The van der Waals surface area contributed by atoms with Gasteiger partial charge in [0.2, 0.25) is 0 Å². The summed E-state index contributed by atoms with van der Waals surface area (Å²) in [5.74, 6) is 0.0729. The maximum absolute atomic E-state index is 11.8. The highest BCUT2D eigenvalue weighted by Crippen LogP contribution is 2.29. The van der Waals surface area contributed by atoms with Gasteiger partial charge in [0, 0.05) is 23.5 Å². The second-order valence-corrected chi connectivity index (χ2v) is 5.09. The molecule has 1 aliphatic rings. The molecule has 4 heteroatoms. The SMILES string of the molecule is CCOC(=O)[C@@H]1CNC[C@H]1c1ccc(Br)cc1. The number of halogens is 1. The summed E-state index contributed by atoms with van der Waals surface area (Å²) in [6.45, 7) is 3.84. The Bertz CT molecular complexity index is 391. The van der Waals surface area contributed by atoms with E-state index in [-0.39, 0.29) is 17.8 Å². The molecule has 0 aromatic heterocycles. The van der Waals surface area contributed by atoms with Crippen molar-refractivity contribution in [3.63, 3.8) is 0 Å². The maximum Gasteiger partial charge on any atom is 0.310 e. The third-order valence-corrected chi connectivity index (χ3v) is 3.63. The Kier molecular flexibility index (Phi) is 4.18. The summed E-state index contributed by atoms with van der Waals surface area (Å²) in [4.78, 5) is 11.8. The van der Waals surface area contributed by atoms with Gasteiger partial charge in [-0.25, -0.2) is 0 Å². The van der Waals surface area contributed by atoms with Crippen LogP contribution in [0.3, 0.4) is 0 Å². The van der Waals surface area contributed by atoms with E-state index in [1.807, 2.05) is 19.1 Å². The molecule has 92 valence electrons. The van der Waals surface area contributed by atoms with Crippen LogP contribution in [0.5, 0.6) is 0 Å². The molecular weight excluding hydrogens is 282 g/mol. The molecule has 2 atom stereocenters. The van der Waals surface area contributed by atoms with Gasteiger partial charge in [0.25, 0.3) is 0 Å². The predicted molar refractivity (Wildman–Crippen MR) is 69.9 cm³/mol. The molecule has 1 heterocycles. The summed E-state index contributed by atoms with van der Waals surface area (Å²) in [6.07, 6.45) is 0. The summed E-state index contributed by atoms with van der Waals surface area (Å²) in [6, 6.07) is 8.15. The van der Waals surface area contributed by atoms with E-state index in [9.17, 15) is 4.79 Å². The van der Waals surface area contributed by atoms with Crippen molar-refractivity contribution in [3.8, 4) is 0 Å². The largest absolute Gasteiger partial charge is 0.466 e. The molecule has 17 heavy (non-hydrogen) atoms. The summed E-state index contributed by atoms with van der Waals surface area (Å²) in [7, 11) is 0. The monoisotopic (exact) mass is 297 g/mol. The van der Waals surface area contributed by atoms with Crippen molar-refractivity contribution in [2.24, 2.45) is 5.92 Å². The van der Waals surface area contributed by atoms with E-state index in [0.717, 1.165) is 11.0 Å². The van der Waals surface area contributed by atoms with Gasteiger partial charge in [-0.3, -0.25) is 4.79 Å². The van der Waals surface area contributed by atoms with Gasteiger partial charge >= 0.3 is 5.97 Å². The molecule has 0 unspecified atom stereocenters. The molecule has 0 spiro atoms. The Morgan fingerprint density at radius 1 is 1.41 bits per heavy atom. The minimum Gasteiger partial charge on any atom is -0.466 e. The molecule has 1 aromatic rings. The molecule has 1 N–H and O–H groups in total. The smallest absolute Gasteiger partial charge is 0.310 e. The van der Waals surface area contributed by atoms with Crippen LogP contribution in [0, 0.1) is 5.92 Å². The van der Waals surface area contributed by atoms with E-state index in [2.05, 4.69) is 33.4 Å². The van der Waals surface area contributed by atoms with Gasteiger partial charge < -0.3 is 10.1 Å². The lowest BCUT2D eigenvalue weighted by atomic mass is 9.89. The highest BCUT2D eigenvalue weighted by Gasteiger charge is 2.34. The maximum atomic E-state index is 11.8. The van der Waals surface area contributed by atoms with Crippen LogP contribution >= 0.6 is 15.9 Å². The molecule has 0 aliphatic carbocycles. The van der Waals surface area contributed by atoms with Crippen molar-refractivity contribution in [1.29, 1.82) is 0 Å². The van der Waals surface area contributed by atoms with Gasteiger partial charge in [-0.2, -0.15) is 0 Å². The lowest BCUT2D eigenvalue weighted by Gasteiger charge is -2.17. The molecule has 3 nitrogen and oxygen atoms in total. The zero-order valence-electron chi connectivity index (χ0n) is 9.78. The van der Waals surface area contributed by atoms with Crippen LogP contribution in [0.2, 0.25) is 0 Å². The third kappa shape index (κ3) is 2.87. The number of carbonyl (C=O) groups is 1. The van der Waals surface area contributed by atoms with Crippen LogP contribution in [0.25, 0.3) is 0 Å². The Labute approximate surface area is 110 Å². The van der Waals surface area contributed by atoms with Crippen LogP contribution in [-0.4, -0.2) is 25.7 Å². The van der Waals surface area contributed by atoms with E-state index >= 15 is 0 Å². The van der Waals surface area contributed by atoms with Crippen LogP contribution in [0.4, 0.5) is 0 Å². The fourth-order valence-corrected chi connectivity index (χ4v) is 2.50. The summed E-state index contributed by atoms with van der Waals surface area (Å²) < 4.78 is 6.17. The van der Waals surface area contributed by atoms with Crippen molar-refractivity contribution in [3.05, 3.63) is 34.3 Å². The first kappa shape index (κ1) is 12.6. The highest BCUT2D eigenvalue weighted by molar-refractivity contribution is 9.10. The number of rotatable bonds is 3. The molecule has 0 saturated carbocycles. The van der Waals surface area contributed by atoms with E-state index in [1.54, 1.807) is 0 Å². The highest BCUT2D eigenvalue weighted by atomic mass is 79.9. The second kappa shape index (κ2) is 5.65. The zero-order valence-corrected chi connectivity index (χ0v) is 11.4. The summed E-state index contributed by atoms with van der Waals surface area (Å²) >= 11 is 3.42. The topological polar surface area (TPSA) is 38.3 Å². The van der Waals surface area contributed by atoms with Gasteiger partial charge in [0.1, 0.15) is 0 Å². The third-order valence-electron chi connectivity index (χ3n) is 3.10. The standard InChI is InChI=1S/C13H16BrNO2/c1-2-17-13(16)12-8-15-7-11(12)9-3-5-10(14)6-4-9/h3-6,11-12,15H,2,7-8H2,1H3/t11-,12+/m0/s1. The van der Waals surface area contributed by atoms with Crippen molar-refractivity contribution in [2.45, 2.75) is 12.8 Å². The van der Waals surface area contributed by atoms with E-state index < -0.39 is 0 Å². The normalized spacial score (nSPS) is 23.6. The molecule has 0 radical (unpaired) electrons. The summed E-state index contributed by atoms with van der Waals surface area (Å²) in [5, 5.41) is 3.26. The number of esters is 1. The van der Waals surface area contributed by atoms with Gasteiger partial charge in [-0.15, -0.1) is 0 Å². The van der Waals surface area contributed by atoms with Gasteiger partial charge in [0.05, 0.1) is 12.5 Å². The van der Waals surface area contributed by atoms with Crippen molar-refractivity contribution in [2.75, 3.05) is 19.7 Å². The fraction of sp³-hybridized carbons (Fsp3) is 0.462. The Morgan fingerprint density at radius 2 is 2.12 bits per heavy atom. The van der Waals surface area contributed by atoms with E-state index in [0.29, 0.717) is 13.2 Å². The minimum absolute atomic E-state index is 0.0591. The Hall–Kier alpha value is -0.870. The van der Waals surface area contributed by atoms with Crippen molar-refractivity contribution >= 4 is 21.9 Å². The second-order valence-electron chi connectivity index (χ2n) is 4.17. The first-order valence-electron chi connectivity index (χ1n) is 5.85. The van der Waals surface area contributed by atoms with E-state index in [4.69, 9.17) is 4.74 Å². The van der Waals surface area contributed by atoms with Gasteiger partial charge in [-0.05, 0) is 24.6 Å². The minimum atomic E-state index is -0.0922. The van der Waals surface area contributed by atoms with Crippen LogP contribution in [0.1, 0.15) is 18.4 Å². The molecule has 1 aromatic carbocycles. The summed E-state index contributed by atoms with van der Waals surface area (Å²) in [5.41, 5.74) is 1.19. The number of ether oxygens (including phenoxy) is 1. The molecule has 1 saturated heterocycles. The Balaban J connectivity index is 2.14. The number of hydrogen-bond acceptors (Lipinski definition) is 3. The van der Waals surface area contributed by atoms with Crippen LogP contribution in [-0.2, 0) is 9.53 Å². The molecular formula is C13H16BrNO2. The molecule has 0 amide bonds. The molecule has 1 aliphatic heterocycles. The number of nitrogens with one attached hydrogen (secondary N) is 1. The zero-order chi connectivity index (χ0) is 12.3. The quantitative estimate of drug-likeness (QED) is 0.870. The molecule has 1 fully saturated rings. The van der Waals surface area contributed by atoms with Crippen molar-refractivity contribution in [1.82, 2.24) is 5.32 Å². The first-order chi connectivity index (χ1) is 8.22. The fourth-order valence-electron chi connectivity index (χ4n) is 2.24. The number of carbonyl (C=O) groups excluding carboxylic acids is 1. The molecule has 0 bridgehead atoms. The number of hydrogen-bond donors (Lipinski definition) is 1. The Morgan fingerprint density at radius 3 is 2.76 bits per heavy atom. The number of benzene rings is 1. The first-order valence-corrected chi connectivity index (χ1v) is 6.64. The predicted octanol–water partition coefficient (Wildman–Crippen LogP) is 2.32.